The lowest BCUT2D eigenvalue weighted by atomic mass is 10.3. The fourth-order valence-corrected chi connectivity index (χ4v) is 2.92. The van der Waals surface area contributed by atoms with Crippen LogP contribution >= 0.6 is 0 Å². The average Bonchev–Trinajstić information content (AvgIpc) is 3.43. The number of hydrogen-bond acceptors (Lipinski definition) is 4. The van der Waals surface area contributed by atoms with Gasteiger partial charge in [-0.2, -0.15) is 0 Å². The van der Waals surface area contributed by atoms with E-state index in [1.54, 1.807) is 7.11 Å². The summed E-state index contributed by atoms with van der Waals surface area (Å²) in [7, 11) is 1.65. The number of para-hydroxylation sites is 2. The molecular weight excluding hydrogens is 332 g/mol. The number of imidazole rings is 1. The molecule has 1 heterocycles. The molecule has 140 valence electrons. The number of fused-ring (bicyclic) bond motifs is 1. The molecule has 1 saturated carbocycles. The van der Waals surface area contributed by atoms with Gasteiger partial charge in [0.15, 0.2) is 0 Å². The first kappa shape index (κ1) is 18.4. The Morgan fingerprint density at radius 3 is 2.81 bits per heavy atom. The number of methoxy groups -OCH3 is 1. The number of ether oxygens (including phenoxy) is 1. The Morgan fingerprint density at radius 2 is 2.04 bits per heavy atom. The van der Waals surface area contributed by atoms with Crippen molar-refractivity contribution in [1.82, 2.24) is 20.2 Å². The van der Waals surface area contributed by atoms with Crippen LogP contribution in [-0.2, 0) is 27.3 Å². The van der Waals surface area contributed by atoms with Crippen molar-refractivity contribution in [2.45, 2.75) is 32.2 Å². The van der Waals surface area contributed by atoms with E-state index in [0.29, 0.717) is 26.1 Å². The molecule has 1 aliphatic rings. The van der Waals surface area contributed by atoms with Crippen molar-refractivity contribution in [2.75, 3.05) is 26.8 Å². The third-order valence-corrected chi connectivity index (χ3v) is 4.48. The lowest BCUT2D eigenvalue weighted by molar-refractivity contribution is -0.123. The van der Waals surface area contributed by atoms with E-state index < -0.39 is 0 Å². The van der Waals surface area contributed by atoms with Gasteiger partial charge in [0.1, 0.15) is 12.4 Å². The minimum atomic E-state index is -0.0486. The van der Waals surface area contributed by atoms with Gasteiger partial charge in [0.25, 0.3) is 0 Å². The predicted octanol–water partition coefficient (Wildman–Crippen LogP) is 1.26. The summed E-state index contributed by atoms with van der Waals surface area (Å²) in [6, 6.07) is 7.78. The van der Waals surface area contributed by atoms with Gasteiger partial charge in [0, 0.05) is 39.1 Å². The summed E-state index contributed by atoms with van der Waals surface area (Å²) in [6.45, 7) is 1.97. The highest BCUT2D eigenvalue weighted by atomic mass is 16.5. The first-order valence-corrected chi connectivity index (χ1v) is 9.16. The maximum atomic E-state index is 12.3. The van der Waals surface area contributed by atoms with Crippen molar-refractivity contribution in [3.63, 3.8) is 0 Å². The maximum Gasteiger partial charge on any atom is 0.240 e. The molecule has 26 heavy (non-hydrogen) atoms. The number of aromatic nitrogens is 2. The molecule has 0 atom stereocenters. The fraction of sp³-hybridized carbons (Fsp3) is 0.526. The van der Waals surface area contributed by atoms with Gasteiger partial charge in [-0.3, -0.25) is 9.59 Å². The summed E-state index contributed by atoms with van der Waals surface area (Å²) in [5.41, 5.74) is 1.80. The Bertz CT molecular complexity index is 767. The molecule has 1 fully saturated rings. The zero-order chi connectivity index (χ0) is 18.4. The topological polar surface area (TPSA) is 85.2 Å². The van der Waals surface area contributed by atoms with Gasteiger partial charge in [0.05, 0.1) is 11.0 Å². The minimum Gasteiger partial charge on any atom is -0.385 e. The van der Waals surface area contributed by atoms with Crippen LogP contribution in [0.25, 0.3) is 11.0 Å². The third kappa shape index (κ3) is 4.82. The number of nitrogens with one attached hydrogen (secondary N) is 2. The number of rotatable bonds is 10. The Kier molecular flexibility index (Phi) is 6.22. The normalized spacial score (nSPS) is 13.7. The lowest BCUT2D eigenvalue weighted by Crippen LogP contribution is -2.31. The molecule has 7 heteroatoms. The van der Waals surface area contributed by atoms with Gasteiger partial charge >= 0.3 is 0 Å². The van der Waals surface area contributed by atoms with Gasteiger partial charge < -0.3 is 19.9 Å². The number of hydrogen-bond donors (Lipinski definition) is 2. The molecule has 3 rings (SSSR count). The van der Waals surface area contributed by atoms with E-state index in [2.05, 4.69) is 15.6 Å². The van der Waals surface area contributed by atoms with Crippen molar-refractivity contribution < 1.29 is 14.3 Å². The first-order chi connectivity index (χ1) is 12.7. The van der Waals surface area contributed by atoms with Crippen LogP contribution in [0.4, 0.5) is 0 Å². The van der Waals surface area contributed by atoms with Gasteiger partial charge in [0.2, 0.25) is 11.8 Å². The van der Waals surface area contributed by atoms with Crippen LogP contribution in [0, 0.1) is 5.92 Å². The van der Waals surface area contributed by atoms with Crippen LogP contribution < -0.4 is 10.6 Å². The van der Waals surface area contributed by atoms with E-state index in [9.17, 15) is 9.59 Å². The molecule has 7 nitrogen and oxygen atoms in total. The van der Waals surface area contributed by atoms with Crippen LogP contribution in [0.1, 0.15) is 25.1 Å². The number of nitrogens with zero attached hydrogens (tertiary/aromatic N) is 2. The number of carbonyl (C=O) groups is 2. The highest BCUT2D eigenvalue weighted by Crippen LogP contribution is 2.28. The quantitative estimate of drug-likeness (QED) is 0.626. The average molecular weight is 358 g/mol. The van der Waals surface area contributed by atoms with E-state index in [1.807, 2.05) is 28.8 Å². The Morgan fingerprint density at radius 1 is 1.23 bits per heavy atom. The zero-order valence-corrected chi connectivity index (χ0v) is 15.2. The third-order valence-electron chi connectivity index (χ3n) is 4.48. The van der Waals surface area contributed by atoms with E-state index in [4.69, 9.17) is 4.74 Å². The second-order valence-electron chi connectivity index (χ2n) is 6.61. The molecule has 0 radical (unpaired) electrons. The van der Waals surface area contributed by atoms with Crippen molar-refractivity contribution in [3.05, 3.63) is 30.1 Å². The van der Waals surface area contributed by atoms with Gasteiger partial charge in [-0.25, -0.2) is 4.98 Å². The SMILES string of the molecule is COCCCNC(=O)Cn1c(CCNC(=O)C2CC2)nc2ccccc21. The number of amides is 2. The minimum absolute atomic E-state index is 0.0486. The molecule has 0 unspecified atom stereocenters. The lowest BCUT2D eigenvalue weighted by Gasteiger charge is -2.10. The van der Waals surface area contributed by atoms with Crippen LogP contribution in [0.3, 0.4) is 0 Å². The second-order valence-corrected chi connectivity index (χ2v) is 6.61. The zero-order valence-electron chi connectivity index (χ0n) is 15.2. The highest BCUT2D eigenvalue weighted by Gasteiger charge is 2.29. The van der Waals surface area contributed by atoms with E-state index in [-0.39, 0.29) is 24.3 Å². The van der Waals surface area contributed by atoms with Crippen molar-refractivity contribution >= 4 is 22.8 Å². The summed E-state index contributed by atoms with van der Waals surface area (Å²) in [4.78, 5) is 28.7. The van der Waals surface area contributed by atoms with E-state index >= 15 is 0 Å². The monoisotopic (exact) mass is 358 g/mol. The van der Waals surface area contributed by atoms with Crippen LogP contribution in [-0.4, -0.2) is 48.2 Å². The molecule has 0 spiro atoms. The van der Waals surface area contributed by atoms with Gasteiger partial charge in [-0.15, -0.1) is 0 Å². The molecule has 2 aromatic rings. The molecule has 2 N–H and O–H groups in total. The molecule has 0 saturated heterocycles. The maximum absolute atomic E-state index is 12.3. The largest absolute Gasteiger partial charge is 0.385 e. The Hall–Kier alpha value is -2.41. The summed E-state index contributed by atoms with van der Waals surface area (Å²) in [6.07, 6.45) is 3.37. The molecule has 0 bridgehead atoms. The van der Waals surface area contributed by atoms with Crippen LogP contribution in [0.15, 0.2) is 24.3 Å². The van der Waals surface area contributed by atoms with Gasteiger partial charge in [-0.1, -0.05) is 12.1 Å². The smallest absolute Gasteiger partial charge is 0.240 e. The first-order valence-electron chi connectivity index (χ1n) is 9.16. The fourth-order valence-electron chi connectivity index (χ4n) is 2.92. The molecule has 0 aliphatic heterocycles. The van der Waals surface area contributed by atoms with E-state index in [0.717, 1.165) is 36.1 Å². The van der Waals surface area contributed by atoms with Crippen molar-refractivity contribution in [2.24, 2.45) is 5.92 Å². The number of benzene rings is 1. The van der Waals surface area contributed by atoms with Crippen LogP contribution in [0.2, 0.25) is 0 Å². The van der Waals surface area contributed by atoms with Crippen molar-refractivity contribution in [1.29, 1.82) is 0 Å². The molecule has 1 aromatic carbocycles. The molecule has 1 aliphatic carbocycles. The standard InChI is InChI=1S/C19H26N4O3/c1-26-12-4-10-20-18(24)13-23-16-6-3-2-5-15(16)22-17(23)9-11-21-19(25)14-7-8-14/h2-3,5-6,14H,4,7-13H2,1H3,(H,20,24)(H,21,25). The van der Waals surface area contributed by atoms with Crippen molar-refractivity contribution in [3.8, 4) is 0 Å². The Labute approximate surface area is 153 Å². The molecular formula is C19H26N4O3. The molecule has 2 amide bonds. The summed E-state index contributed by atoms with van der Waals surface area (Å²) >= 11 is 0. The van der Waals surface area contributed by atoms with Crippen LogP contribution in [0.5, 0.6) is 0 Å². The Balaban J connectivity index is 1.63. The summed E-state index contributed by atoms with van der Waals surface area (Å²) in [5, 5.41) is 5.87. The summed E-state index contributed by atoms with van der Waals surface area (Å²) < 4.78 is 6.92. The van der Waals surface area contributed by atoms with E-state index in [1.165, 1.54) is 0 Å². The molecule has 1 aromatic heterocycles. The second kappa shape index (κ2) is 8.80. The summed E-state index contributed by atoms with van der Waals surface area (Å²) in [5.74, 6) is 1.09. The van der Waals surface area contributed by atoms with Gasteiger partial charge in [-0.05, 0) is 31.4 Å². The highest BCUT2D eigenvalue weighted by molar-refractivity contribution is 5.81. The predicted molar refractivity (Wildman–Crippen MR) is 98.7 cm³/mol. The number of carbonyl (C=O) groups excluding carboxylic acids is 2.